The normalized spacial score (nSPS) is 14.3. The molecule has 0 atom stereocenters. The SMILES string of the molecule is O=C(CNC(=O)c1sc(-c2ccco2)nc1-c1ccccc1)NCCN1CCOCC1. The van der Waals surface area contributed by atoms with E-state index in [1.165, 1.54) is 11.3 Å². The molecule has 0 saturated carbocycles. The van der Waals surface area contributed by atoms with Gasteiger partial charge in [0.25, 0.3) is 5.91 Å². The van der Waals surface area contributed by atoms with E-state index in [0.717, 1.165) is 38.4 Å². The zero-order valence-electron chi connectivity index (χ0n) is 17.0. The third-order valence-corrected chi connectivity index (χ3v) is 5.94. The molecule has 2 amide bonds. The lowest BCUT2D eigenvalue weighted by atomic mass is 10.1. The molecule has 1 aromatic carbocycles. The van der Waals surface area contributed by atoms with Crippen LogP contribution in [0, 0.1) is 0 Å². The van der Waals surface area contributed by atoms with Gasteiger partial charge in [-0.3, -0.25) is 14.5 Å². The maximum atomic E-state index is 12.9. The van der Waals surface area contributed by atoms with Crippen molar-refractivity contribution in [2.24, 2.45) is 0 Å². The zero-order chi connectivity index (χ0) is 21.5. The number of furan rings is 1. The topological polar surface area (TPSA) is 96.7 Å². The number of thiazole rings is 1. The van der Waals surface area contributed by atoms with Crippen molar-refractivity contribution in [1.29, 1.82) is 0 Å². The summed E-state index contributed by atoms with van der Waals surface area (Å²) in [7, 11) is 0. The van der Waals surface area contributed by atoms with E-state index in [-0.39, 0.29) is 18.4 Å². The summed E-state index contributed by atoms with van der Waals surface area (Å²) in [5, 5.41) is 6.17. The summed E-state index contributed by atoms with van der Waals surface area (Å²) in [6.07, 6.45) is 1.57. The number of benzene rings is 1. The fourth-order valence-electron chi connectivity index (χ4n) is 3.25. The Kier molecular flexibility index (Phi) is 7.08. The molecule has 3 aromatic rings. The number of carbonyl (C=O) groups excluding carboxylic acids is 2. The van der Waals surface area contributed by atoms with E-state index in [9.17, 15) is 9.59 Å². The molecule has 2 N–H and O–H groups in total. The van der Waals surface area contributed by atoms with Gasteiger partial charge in [0.15, 0.2) is 10.8 Å². The molecule has 8 nitrogen and oxygen atoms in total. The van der Waals surface area contributed by atoms with Crippen LogP contribution in [0.25, 0.3) is 22.0 Å². The van der Waals surface area contributed by atoms with Gasteiger partial charge >= 0.3 is 0 Å². The number of ether oxygens (including phenoxy) is 1. The minimum absolute atomic E-state index is 0.0931. The number of rotatable bonds is 8. The predicted octanol–water partition coefficient (Wildman–Crippen LogP) is 2.25. The Morgan fingerprint density at radius 3 is 2.61 bits per heavy atom. The van der Waals surface area contributed by atoms with E-state index < -0.39 is 0 Å². The molecule has 2 aromatic heterocycles. The highest BCUT2D eigenvalue weighted by molar-refractivity contribution is 7.17. The van der Waals surface area contributed by atoms with Gasteiger partial charge in [-0.2, -0.15) is 0 Å². The van der Waals surface area contributed by atoms with Crippen LogP contribution in [0.5, 0.6) is 0 Å². The molecule has 3 heterocycles. The number of hydrogen-bond acceptors (Lipinski definition) is 7. The van der Waals surface area contributed by atoms with Gasteiger partial charge in [-0.25, -0.2) is 4.98 Å². The number of hydrogen-bond donors (Lipinski definition) is 2. The highest BCUT2D eigenvalue weighted by Crippen LogP contribution is 2.34. The molecule has 1 fully saturated rings. The van der Waals surface area contributed by atoms with Crippen LogP contribution in [0.15, 0.2) is 53.1 Å². The van der Waals surface area contributed by atoms with Crippen LogP contribution in [-0.2, 0) is 9.53 Å². The maximum absolute atomic E-state index is 12.9. The standard InChI is InChI=1S/C22H24N4O4S/c27-18(23-8-9-26-10-13-29-14-11-26)15-24-21(28)20-19(16-5-2-1-3-6-16)25-22(31-20)17-7-4-12-30-17/h1-7,12H,8-11,13-15H2,(H,23,27)(H,24,28). The molecule has 0 unspecified atom stereocenters. The van der Waals surface area contributed by atoms with Gasteiger partial charge in [0, 0.05) is 31.7 Å². The lowest BCUT2D eigenvalue weighted by Gasteiger charge is -2.26. The van der Waals surface area contributed by atoms with Gasteiger partial charge < -0.3 is 19.8 Å². The first-order valence-corrected chi connectivity index (χ1v) is 11.0. The second kappa shape index (κ2) is 10.3. The number of morpholine rings is 1. The number of nitrogens with zero attached hydrogens (tertiary/aromatic N) is 2. The first-order valence-electron chi connectivity index (χ1n) is 10.2. The maximum Gasteiger partial charge on any atom is 0.264 e. The Balaban J connectivity index is 1.37. The van der Waals surface area contributed by atoms with Gasteiger partial charge in [0.2, 0.25) is 5.91 Å². The first kappa shape index (κ1) is 21.2. The number of carbonyl (C=O) groups is 2. The monoisotopic (exact) mass is 440 g/mol. The van der Waals surface area contributed by atoms with E-state index in [0.29, 0.717) is 27.9 Å². The lowest BCUT2D eigenvalue weighted by Crippen LogP contribution is -2.43. The fraction of sp³-hybridized carbons (Fsp3) is 0.318. The molecule has 1 aliphatic heterocycles. The van der Waals surface area contributed by atoms with Crippen LogP contribution >= 0.6 is 11.3 Å². The van der Waals surface area contributed by atoms with Gasteiger partial charge in [-0.1, -0.05) is 30.3 Å². The molecule has 0 bridgehead atoms. The highest BCUT2D eigenvalue weighted by Gasteiger charge is 2.21. The van der Waals surface area contributed by atoms with E-state index in [4.69, 9.17) is 9.15 Å². The Hall–Kier alpha value is -3.01. The predicted molar refractivity (Wildman–Crippen MR) is 118 cm³/mol. The Labute approximate surface area is 184 Å². The average Bonchev–Trinajstić information content (AvgIpc) is 3.49. The van der Waals surface area contributed by atoms with E-state index in [1.54, 1.807) is 18.4 Å². The summed E-state index contributed by atoms with van der Waals surface area (Å²) in [6.45, 7) is 4.40. The largest absolute Gasteiger partial charge is 0.462 e. The average molecular weight is 441 g/mol. The molecule has 4 rings (SSSR count). The van der Waals surface area contributed by atoms with E-state index >= 15 is 0 Å². The van der Waals surface area contributed by atoms with Gasteiger partial charge in [0.1, 0.15) is 4.88 Å². The van der Waals surface area contributed by atoms with Gasteiger partial charge in [-0.15, -0.1) is 11.3 Å². The molecule has 9 heteroatoms. The summed E-state index contributed by atoms with van der Waals surface area (Å²) in [5.41, 5.74) is 1.40. The van der Waals surface area contributed by atoms with Crippen LogP contribution in [0.1, 0.15) is 9.67 Å². The molecule has 0 spiro atoms. The number of aromatic nitrogens is 1. The number of nitrogens with one attached hydrogen (secondary N) is 2. The Morgan fingerprint density at radius 1 is 1.06 bits per heavy atom. The summed E-state index contributed by atoms with van der Waals surface area (Å²) in [4.78, 5) is 32.3. The molecular weight excluding hydrogens is 416 g/mol. The van der Waals surface area contributed by atoms with Crippen molar-refractivity contribution >= 4 is 23.2 Å². The van der Waals surface area contributed by atoms with Crippen molar-refractivity contribution in [1.82, 2.24) is 20.5 Å². The first-order chi connectivity index (χ1) is 15.2. The van der Waals surface area contributed by atoms with Crippen molar-refractivity contribution in [3.05, 3.63) is 53.6 Å². The highest BCUT2D eigenvalue weighted by atomic mass is 32.1. The van der Waals surface area contributed by atoms with E-state index in [1.807, 2.05) is 30.3 Å². The Morgan fingerprint density at radius 2 is 1.87 bits per heavy atom. The number of amides is 2. The summed E-state index contributed by atoms with van der Waals surface area (Å²) in [6, 6.07) is 13.1. The minimum Gasteiger partial charge on any atom is -0.462 e. The van der Waals surface area contributed by atoms with Crippen molar-refractivity contribution in [2.45, 2.75) is 0 Å². The van der Waals surface area contributed by atoms with E-state index in [2.05, 4.69) is 20.5 Å². The van der Waals surface area contributed by atoms with Crippen molar-refractivity contribution in [3.8, 4) is 22.0 Å². The fourth-order valence-corrected chi connectivity index (χ4v) is 4.22. The zero-order valence-corrected chi connectivity index (χ0v) is 17.8. The molecule has 31 heavy (non-hydrogen) atoms. The van der Waals surface area contributed by atoms with Crippen molar-refractivity contribution < 1.29 is 18.7 Å². The second-order valence-electron chi connectivity index (χ2n) is 7.03. The molecule has 0 radical (unpaired) electrons. The quantitative estimate of drug-likeness (QED) is 0.558. The van der Waals surface area contributed by atoms with Crippen LogP contribution in [-0.4, -0.2) is 67.6 Å². The van der Waals surface area contributed by atoms with Crippen LogP contribution < -0.4 is 10.6 Å². The minimum atomic E-state index is -0.336. The third-order valence-electron chi connectivity index (χ3n) is 4.88. The van der Waals surface area contributed by atoms with Crippen LogP contribution in [0.2, 0.25) is 0 Å². The van der Waals surface area contributed by atoms with Gasteiger partial charge in [-0.05, 0) is 12.1 Å². The second-order valence-corrected chi connectivity index (χ2v) is 8.03. The lowest BCUT2D eigenvalue weighted by molar-refractivity contribution is -0.120. The molecule has 1 saturated heterocycles. The smallest absolute Gasteiger partial charge is 0.264 e. The summed E-state index contributed by atoms with van der Waals surface area (Å²) >= 11 is 1.24. The third kappa shape index (κ3) is 5.57. The van der Waals surface area contributed by atoms with Crippen molar-refractivity contribution in [2.75, 3.05) is 45.9 Å². The Bertz CT molecular complexity index is 998. The summed E-state index contributed by atoms with van der Waals surface area (Å²) in [5.74, 6) is 0.0400. The van der Waals surface area contributed by atoms with Crippen LogP contribution in [0.3, 0.4) is 0 Å². The van der Waals surface area contributed by atoms with Gasteiger partial charge in [0.05, 0.1) is 31.7 Å². The molecule has 1 aliphatic rings. The molecule has 0 aliphatic carbocycles. The molecular formula is C22H24N4O4S. The van der Waals surface area contributed by atoms with Crippen LogP contribution in [0.4, 0.5) is 0 Å². The summed E-state index contributed by atoms with van der Waals surface area (Å²) < 4.78 is 10.8. The molecule has 162 valence electrons. The van der Waals surface area contributed by atoms with Crippen molar-refractivity contribution in [3.63, 3.8) is 0 Å².